The van der Waals surface area contributed by atoms with Gasteiger partial charge >= 0.3 is 0 Å². The molecule has 0 radical (unpaired) electrons. The fourth-order valence-electron chi connectivity index (χ4n) is 1.86. The van der Waals surface area contributed by atoms with Gasteiger partial charge in [-0.15, -0.1) is 0 Å². The third kappa shape index (κ3) is 5.39. The second kappa shape index (κ2) is 8.21. The summed E-state index contributed by atoms with van der Waals surface area (Å²) in [6.45, 7) is 4.38. The summed E-state index contributed by atoms with van der Waals surface area (Å²) in [7, 11) is 1.71. The molecule has 21 heavy (non-hydrogen) atoms. The van der Waals surface area contributed by atoms with Gasteiger partial charge in [-0.2, -0.15) is 4.98 Å². The Bertz CT molecular complexity index is 542. The summed E-state index contributed by atoms with van der Waals surface area (Å²) in [4.78, 5) is 8.66. The molecular formula is C16H22N4O. The summed E-state index contributed by atoms with van der Waals surface area (Å²) in [6.07, 6.45) is 2.70. The number of methoxy groups -OCH3 is 1. The fourth-order valence-corrected chi connectivity index (χ4v) is 1.86. The van der Waals surface area contributed by atoms with Crippen molar-refractivity contribution in [1.29, 1.82) is 0 Å². The lowest BCUT2D eigenvalue weighted by Crippen LogP contribution is -2.08. The van der Waals surface area contributed by atoms with Gasteiger partial charge in [-0.1, -0.05) is 29.8 Å². The molecule has 2 N–H and O–H groups in total. The molecule has 0 saturated heterocycles. The highest BCUT2D eigenvalue weighted by Crippen LogP contribution is 2.08. The molecular weight excluding hydrogens is 264 g/mol. The van der Waals surface area contributed by atoms with Gasteiger partial charge < -0.3 is 15.4 Å². The molecule has 0 aliphatic carbocycles. The highest BCUT2D eigenvalue weighted by molar-refractivity contribution is 5.40. The number of hydrogen-bond acceptors (Lipinski definition) is 5. The summed E-state index contributed by atoms with van der Waals surface area (Å²) in [6, 6.07) is 10.3. The molecule has 1 aromatic heterocycles. The molecule has 112 valence electrons. The second-order valence-electron chi connectivity index (χ2n) is 4.88. The summed E-state index contributed by atoms with van der Waals surface area (Å²) >= 11 is 0. The molecule has 0 unspecified atom stereocenters. The number of nitrogens with one attached hydrogen (secondary N) is 2. The van der Waals surface area contributed by atoms with Gasteiger partial charge in [-0.05, 0) is 25.0 Å². The molecule has 0 amide bonds. The number of rotatable bonds is 8. The van der Waals surface area contributed by atoms with Crippen molar-refractivity contribution in [2.75, 3.05) is 30.9 Å². The second-order valence-corrected chi connectivity index (χ2v) is 4.88. The van der Waals surface area contributed by atoms with E-state index in [1.165, 1.54) is 11.1 Å². The standard InChI is InChI=1S/C16H22N4O/c1-13-4-6-14(7-5-13)12-19-16-18-10-8-15(20-16)17-9-3-11-21-2/h4-8,10H,3,9,11-12H2,1-2H3,(H2,17,18,19,20). The summed E-state index contributed by atoms with van der Waals surface area (Å²) in [5.41, 5.74) is 2.47. The quantitative estimate of drug-likeness (QED) is 0.731. The average Bonchev–Trinajstić information content (AvgIpc) is 2.52. The van der Waals surface area contributed by atoms with Crippen LogP contribution in [0.25, 0.3) is 0 Å². The predicted octanol–water partition coefficient (Wildman–Crippen LogP) is 2.85. The molecule has 1 heterocycles. The monoisotopic (exact) mass is 286 g/mol. The smallest absolute Gasteiger partial charge is 0.224 e. The lowest BCUT2D eigenvalue weighted by atomic mass is 10.1. The lowest BCUT2D eigenvalue weighted by Gasteiger charge is -2.08. The molecule has 0 spiro atoms. The van der Waals surface area contributed by atoms with Gasteiger partial charge in [0.2, 0.25) is 5.95 Å². The van der Waals surface area contributed by atoms with Crippen LogP contribution in [0.4, 0.5) is 11.8 Å². The molecule has 2 aromatic rings. The third-order valence-electron chi connectivity index (χ3n) is 3.06. The van der Waals surface area contributed by atoms with E-state index in [1.807, 2.05) is 6.07 Å². The van der Waals surface area contributed by atoms with Crippen LogP contribution in [-0.4, -0.2) is 30.2 Å². The highest BCUT2D eigenvalue weighted by Gasteiger charge is 1.99. The zero-order valence-electron chi connectivity index (χ0n) is 12.6. The minimum absolute atomic E-state index is 0.632. The molecule has 0 fully saturated rings. The maximum atomic E-state index is 5.01. The van der Waals surface area contributed by atoms with Crippen molar-refractivity contribution < 1.29 is 4.74 Å². The van der Waals surface area contributed by atoms with Crippen LogP contribution in [0.3, 0.4) is 0 Å². The Balaban J connectivity index is 1.84. The zero-order chi connectivity index (χ0) is 14.9. The summed E-state index contributed by atoms with van der Waals surface area (Å²) < 4.78 is 5.01. The van der Waals surface area contributed by atoms with Gasteiger partial charge in [0.05, 0.1) is 0 Å². The Morgan fingerprint density at radius 3 is 2.67 bits per heavy atom. The molecule has 5 heteroatoms. The number of aromatic nitrogens is 2. The molecule has 1 aromatic carbocycles. The molecule has 0 atom stereocenters. The Hall–Kier alpha value is -2.14. The first-order valence-corrected chi connectivity index (χ1v) is 7.13. The van der Waals surface area contributed by atoms with Crippen LogP contribution in [-0.2, 0) is 11.3 Å². The fraction of sp³-hybridized carbons (Fsp3) is 0.375. The number of hydrogen-bond donors (Lipinski definition) is 2. The van der Waals surface area contributed by atoms with E-state index < -0.39 is 0 Å². The van der Waals surface area contributed by atoms with Gasteiger partial charge in [0.25, 0.3) is 0 Å². The van der Waals surface area contributed by atoms with Crippen LogP contribution >= 0.6 is 0 Å². The first kappa shape index (κ1) is 15.3. The average molecular weight is 286 g/mol. The van der Waals surface area contributed by atoms with Gasteiger partial charge in [0, 0.05) is 33.0 Å². The van der Waals surface area contributed by atoms with Gasteiger partial charge in [-0.25, -0.2) is 4.98 Å². The van der Waals surface area contributed by atoms with E-state index >= 15 is 0 Å². The van der Waals surface area contributed by atoms with E-state index in [0.717, 1.165) is 25.4 Å². The number of anilines is 2. The third-order valence-corrected chi connectivity index (χ3v) is 3.06. The van der Waals surface area contributed by atoms with Crippen molar-refractivity contribution in [2.24, 2.45) is 0 Å². The van der Waals surface area contributed by atoms with Crippen LogP contribution in [0, 0.1) is 6.92 Å². The molecule has 2 rings (SSSR count). The Labute approximate surface area is 125 Å². The molecule has 0 saturated carbocycles. The first-order chi connectivity index (χ1) is 10.3. The maximum Gasteiger partial charge on any atom is 0.224 e. The largest absolute Gasteiger partial charge is 0.385 e. The van der Waals surface area contributed by atoms with Crippen molar-refractivity contribution >= 4 is 11.8 Å². The van der Waals surface area contributed by atoms with E-state index in [2.05, 4.69) is 51.8 Å². The van der Waals surface area contributed by atoms with Gasteiger partial charge in [0.15, 0.2) is 0 Å². The van der Waals surface area contributed by atoms with E-state index in [1.54, 1.807) is 13.3 Å². The lowest BCUT2D eigenvalue weighted by molar-refractivity contribution is 0.198. The number of benzene rings is 1. The van der Waals surface area contributed by atoms with Crippen molar-refractivity contribution in [3.8, 4) is 0 Å². The minimum atomic E-state index is 0.632. The first-order valence-electron chi connectivity index (χ1n) is 7.13. The molecule has 0 aliphatic heterocycles. The van der Waals surface area contributed by atoms with Gasteiger partial charge in [-0.3, -0.25) is 0 Å². The topological polar surface area (TPSA) is 59.1 Å². The van der Waals surface area contributed by atoms with Crippen LogP contribution in [0.2, 0.25) is 0 Å². The zero-order valence-corrected chi connectivity index (χ0v) is 12.6. The van der Waals surface area contributed by atoms with Crippen molar-refractivity contribution in [3.05, 3.63) is 47.7 Å². The van der Waals surface area contributed by atoms with Crippen LogP contribution in [0.1, 0.15) is 17.5 Å². The Morgan fingerprint density at radius 1 is 1.10 bits per heavy atom. The van der Waals surface area contributed by atoms with Crippen LogP contribution < -0.4 is 10.6 Å². The number of nitrogens with zero attached hydrogens (tertiary/aromatic N) is 2. The Morgan fingerprint density at radius 2 is 1.90 bits per heavy atom. The summed E-state index contributed by atoms with van der Waals surface area (Å²) in [5.74, 6) is 1.46. The van der Waals surface area contributed by atoms with E-state index in [4.69, 9.17) is 4.74 Å². The minimum Gasteiger partial charge on any atom is -0.385 e. The van der Waals surface area contributed by atoms with Crippen LogP contribution in [0.5, 0.6) is 0 Å². The number of ether oxygens (including phenoxy) is 1. The Kier molecular flexibility index (Phi) is 5.97. The van der Waals surface area contributed by atoms with E-state index in [9.17, 15) is 0 Å². The maximum absolute atomic E-state index is 5.01. The molecule has 0 bridgehead atoms. The predicted molar refractivity (Wildman–Crippen MR) is 85.5 cm³/mol. The van der Waals surface area contributed by atoms with Crippen molar-refractivity contribution in [2.45, 2.75) is 19.9 Å². The van der Waals surface area contributed by atoms with E-state index in [-0.39, 0.29) is 0 Å². The van der Waals surface area contributed by atoms with Crippen molar-refractivity contribution in [1.82, 2.24) is 9.97 Å². The molecule has 5 nitrogen and oxygen atoms in total. The van der Waals surface area contributed by atoms with E-state index in [0.29, 0.717) is 12.5 Å². The SMILES string of the molecule is COCCCNc1ccnc(NCc2ccc(C)cc2)n1. The normalized spacial score (nSPS) is 10.4. The summed E-state index contributed by atoms with van der Waals surface area (Å²) in [5, 5.41) is 6.49. The number of aryl methyl sites for hydroxylation is 1. The van der Waals surface area contributed by atoms with Crippen molar-refractivity contribution in [3.63, 3.8) is 0 Å². The van der Waals surface area contributed by atoms with Crippen LogP contribution in [0.15, 0.2) is 36.5 Å². The molecule has 0 aliphatic rings. The highest BCUT2D eigenvalue weighted by atomic mass is 16.5. The van der Waals surface area contributed by atoms with Gasteiger partial charge in [0.1, 0.15) is 5.82 Å².